The Labute approximate surface area is 185 Å². The van der Waals surface area contributed by atoms with Gasteiger partial charge in [-0.15, -0.1) is 0 Å². The highest BCUT2D eigenvalue weighted by Gasteiger charge is 2.21. The fraction of sp³-hybridized carbons (Fsp3) is 0.280. The monoisotopic (exact) mass is 441 g/mol. The number of nitrogens with one attached hydrogen (secondary N) is 1. The van der Waals surface area contributed by atoms with Crippen LogP contribution in [0.1, 0.15) is 36.6 Å². The molecular weight excluding hydrogens is 412 g/mol. The van der Waals surface area contributed by atoms with E-state index in [0.717, 1.165) is 35.0 Å². The normalized spacial score (nSPS) is 12.1. The van der Waals surface area contributed by atoms with Gasteiger partial charge in [-0.1, -0.05) is 46.2 Å². The van der Waals surface area contributed by atoms with E-state index in [1.54, 1.807) is 19.2 Å². The van der Waals surface area contributed by atoms with Crippen LogP contribution in [0.4, 0.5) is 10.1 Å². The number of halogens is 1. The molecule has 3 aromatic rings. The summed E-state index contributed by atoms with van der Waals surface area (Å²) in [6, 6.07) is 18.4. The predicted octanol–water partition coefficient (Wildman–Crippen LogP) is 6.01. The standard InChI is InChI=1S/C25H29FNO3P/c1-4-8-24(21-14-20(29-2)15-22(30-3)25(21)28)31-23-12-11-18(26)13-17(23)16-27-19-9-6-5-7-10-19/h5-7,9-15,24,27-28,31H,4,8,16H2,1-3H3. The average molecular weight is 441 g/mol. The lowest BCUT2D eigenvalue weighted by Gasteiger charge is -2.22. The number of phenols is 1. The summed E-state index contributed by atoms with van der Waals surface area (Å²) in [5.74, 6) is 0.919. The molecule has 6 heteroatoms. The van der Waals surface area contributed by atoms with Gasteiger partial charge in [0.05, 0.1) is 14.2 Å². The van der Waals surface area contributed by atoms with E-state index in [2.05, 4.69) is 12.2 Å². The SMILES string of the molecule is CCCC(Pc1ccc(F)cc1CNc1ccccc1)c1cc(OC)cc(OC)c1O. The van der Waals surface area contributed by atoms with E-state index in [1.807, 2.05) is 42.5 Å². The van der Waals surface area contributed by atoms with Crippen LogP contribution in [-0.4, -0.2) is 19.3 Å². The van der Waals surface area contributed by atoms with E-state index in [9.17, 15) is 9.50 Å². The van der Waals surface area contributed by atoms with Crippen LogP contribution in [-0.2, 0) is 6.54 Å². The van der Waals surface area contributed by atoms with E-state index in [1.165, 1.54) is 13.2 Å². The molecular formula is C25H29FNO3P. The molecule has 0 aliphatic heterocycles. The second kappa shape index (κ2) is 11.0. The van der Waals surface area contributed by atoms with E-state index < -0.39 is 0 Å². The second-order valence-electron chi connectivity index (χ2n) is 7.27. The molecule has 0 amide bonds. The molecule has 2 N–H and O–H groups in total. The molecule has 0 bridgehead atoms. The summed E-state index contributed by atoms with van der Waals surface area (Å²) < 4.78 is 24.8. The van der Waals surface area contributed by atoms with Crippen molar-refractivity contribution < 1.29 is 19.0 Å². The van der Waals surface area contributed by atoms with Gasteiger partial charge in [-0.3, -0.25) is 0 Å². The predicted molar refractivity (Wildman–Crippen MR) is 127 cm³/mol. The van der Waals surface area contributed by atoms with Crippen LogP contribution >= 0.6 is 8.58 Å². The molecule has 0 aromatic heterocycles. The van der Waals surface area contributed by atoms with Crippen molar-refractivity contribution in [3.63, 3.8) is 0 Å². The molecule has 0 saturated carbocycles. The van der Waals surface area contributed by atoms with Crippen molar-refractivity contribution in [2.45, 2.75) is 32.0 Å². The number of methoxy groups -OCH3 is 2. The van der Waals surface area contributed by atoms with Gasteiger partial charge in [0.15, 0.2) is 11.5 Å². The van der Waals surface area contributed by atoms with Crippen molar-refractivity contribution in [1.82, 2.24) is 0 Å². The first-order valence-corrected chi connectivity index (χ1v) is 11.4. The maximum atomic E-state index is 14.0. The minimum Gasteiger partial charge on any atom is -0.504 e. The number of para-hydroxylation sites is 1. The lowest BCUT2D eigenvalue weighted by Crippen LogP contribution is -2.12. The molecule has 0 saturated heterocycles. The van der Waals surface area contributed by atoms with Gasteiger partial charge >= 0.3 is 0 Å². The van der Waals surface area contributed by atoms with Crippen molar-refractivity contribution in [3.05, 3.63) is 77.6 Å². The van der Waals surface area contributed by atoms with E-state index in [4.69, 9.17) is 9.47 Å². The Morgan fingerprint density at radius 1 is 1.03 bits per heavy atom. The first-order valence-electron chi connectivity index (χ1n) is 10.3. The van der Waals surface area contributed by atoms with E-state index in [0.29, 0.717) is 26.6 Å². The van der Waals surface area contributed by atoms with Crippen molar-refractivity contribution in [2.75, 3.05) is 19.5 Å². The molecule has 31 heavy (non-hydrogen) atoms. The van der Waals surface area contributed by atoms with Crippen LogP contribution in [0.2, 0.25) is 0 Å². The van der Waals surface area contributed by atoms with Crippen molar-refractivity contribution in [3.8, 4) is 17.2 Å². The highest BCUT2D eigenvalue weighted by atomic mass is 31.1. The summed E-state index contributed by atoms with van der Waals surface area (Å²) in [6.45, 7) is 2.64. The molecule has 164 valence electrons. The third-order valence-corrected chi connectivity index (χ3v) is 6.89. The summed E-state index contributed by atoms with van der Waals surface area (Å²) in [5.41, 5.74) is 2.76. The number of aromatic hydroxyl groups is 1. The van der Waals surface area contributed by atoms with Gasteiger partial charge in [0.2, 0.25) is 0 Å². The molecule has 0 spiro atoms. The minimum absolute atomic E-state index is 0.0648. The van der Waals surface area contributed by atoms with Crippen LogP contribution in [0.3, 0.4) is 0 Å². The van der Waals surface area contributed by atoms with Crippen LogP contribution in [0.25, 0.3) is 0 Å². The fourth-order valence-electron chi connectivity index (χ4n) is 3.53. The maximum absolute atomic E-state index is 14.0. The zero-order valence-corrected chi connectivity index (χ0v) is 19.1. The molecule has 0 fully saturated rings. The minimum atomic E-state index is -0.253. The average Bonchev–Trinajstić information content (AvgIpc) is 2.79. The van der Waals surface area contributed by atoms with Crippen LogP contribution in [0.15, 0.2) is 60.7 Å². The smallest absolute Gasteiger partial charge is 0.164 e. The number of hydrogen-bond acceptors (Lipinski definition) is 4. The Morgan fingerprint density at radius 3 is 2.48 bits per heavy atom. The Morgan fingerprint density at radius 2 is 1.81 bits per heavy atom. The van der Waals surface area contributed by atoms with Crippen molar-refractivity contribution >= 4 is 19.6 Å². The summed E-state index contributed by atoms with van der Waals surface area (Å²) in [7, 11) is 3.48. The Hall–Kier alpha value is -2.78. The molecule has 0 aliphatic rings. The summed E-state index contributed by atoms with van der Waals surface area (Å²) in [4.78, 5) is 0. The molecule has 4 nitrogen and oxygen atoms in total. The van der Waals surface area contributed by atoms with Crippen LogP contribution in [0.5, 0.6) is 17.2 Å². The van der Waals surface area contributed by atoms with Gasteiger partial charge in [0, 0.05) is 29.5 Å². The molecule has 0 heterocycles. The fourth-order valence-corrected chi connectivity index (χ4v) is 5.24. The number of ether oxygens (including phenoxy) is 2. The summed E-state index contributed by atoms with van der Waals surface area (Å²) >= 11 is 0. The molecule has 0 radical (unpaired) electrons. The highest BCUT2D eigenvalue weighted by Crippen LogP contribution is 2.47. The Bertz CT molecular complexity index is 998. The molecule has 3 rings (SSSR count). The van der Waals surface area contributed by atoms with E-state index in [-0.39, 0.29) is 17.2 Å². The Kier molecular flexibility index (Phi) is 8.13. The van der Waals surface area contributed by atoms with Crippen LogP contribution < -0.4 is 20.1 Å². The van der Waals surface area contributed by atoms with Crippen LogP contribution in [0, 0.1) is 5.82 Å². The van der Waals surface area contributed by atoms with E-state index >= 15 is 0 Å². The first kappa shape index (κ1) is 22.9. The van der Waals surface area contributed by atoms with Crippen molar-refractivity contribution in [1.29, 1.82) is 0 Å². The third kappa shape index (κ3) is 5.89. The largest absolute Gasteiger partial charge is 0.504 e. The van der Waals surface area contributed by atoms with Gasteiger partial charge in [0.25, 0.3) is 0 Å². The number of phenolic OH excluding ortho intramolecular Hbond substituents is 1. The van der Waals surface area contributed by atoms with Gasteiger partial charge in [-0.05, 0) is 47.6 Å². The summed E-state index contributed by atoms with van der Waals surface area (Å²) in [5, 5.41) is 15.2. The summed E-state index contributed by atoms with van der Waals surface area (Å²) in [6.07, 6.45) is 1.83. The number of benzene rings is 3. The van der Waals surface area contributed by atoms with Gasteiger partial charge in [-0.25, -0.2) is 4.39 Å². The second-order valence-corrected chi connectivity index (χ2v) is 8.80. The molecule has 2 atom stereocenters. The quantitative estimate of drug-likeness (QED) is 0.379. The number of hydrogen-bond donors (Lipinski definition) is 2. The van der Waals surface area contributed by atoms with Gasteiger partial charge < -0.3 is 19.9 Å². The maximum Gasteiger partial charge on any atom is 0.164 e. The zero-order chi connectivity index (χ0) is 22.2. The molecule has 2 unspecified atom stereocenters. The topological polar surface area (TPSA) is 50.7 Å². The van der Waals surface area contributed by atoms with Gasteiger partial charge in [0.1, 0.15) is 11.6 Å². The van der Waals surface area contributed by atoms with Gasteiger partial charge in [-0.2, -0.15) is 0 Å². The molecule has 3 aromatic carbocycles. The number of rotatable bonds is 10. The first-order chi connectivity index (χ1) is 15.0. The molecule has 0 aliphatic carbocycles. The third-order valence-electron chi connectivity index (χ3n) is 5.14. The zero-order valence-electron chi connectivity index (χ0n) is 18.1. The highest BCUT2D eigenvalue weighted by molar-refractivity contribution is 7.47. The number of anilines is 1. The lowest BCUT2D eigenvalue weighted by molar-refractivity contribution is 0.360. The Balaban J connectivity index is 1.91. The lowest BCUT2D eigenvalue weighted by atomic mass is 10.1. The van der Waals surface area contributed by atoms with Crippen molar-refractivity contribution in [2.24, 2.45) is 0 Å².